The van der Waals surface area contributed by atoms with E-state index in [1.54, 1.807) is 19.0 Å². The van der Waals surface area contributed by atoms with Gasteiger partial charge in [0.25, 0.3) is 0 Å². The fourth-order valence-electron chi connectivity index (χ4n) is 1.82. The third-order valence-electron chi connectivity index (χ3n) is 2.69. The van der Waals surface area contributed by atoms with Gasteiger partial charge in [-0.05, 0) is 18.3 Å². The summed E-state index contributed by atoms with van der Waals surface area (Å²) >= 11 is 0. The Bertz CT molecular complexity index is 273. The highest BCUT2D eigenvalue weighted by molar-refractivity contribution is 5.85. The molecule has 1 atom stereocenters. The van der Waals surface area contributed by atoms with Gasteiger partial charge in [0.1, 0.15) is 0 Å². The molecule has 0 aromatic carbocycles. The van der Waals surface area contributed by atoms with Crippen LogP contribution in [-0.4, -0.2) is 37.4 Å². The van der Waals surface area contributed by atoms with Gasteiger partial charge in [-0.2, -0.15) is 0 Å². The van der Waals surface area contributed by atoms with Crippen LogP contribution in [0.15, 0.2) is 0 Å². The Kier molecular flexibility index (Phi) is 7.64. The molecule has 1 N–H and O–H groups in total. The molecular weight excluding hydrogens is 228 g/mol. The molecule has 0 bridgehead atoms. The van der Waals surface area contributed by atoms with Crippen molar-refractivity contribution >= 4 is 11.8 Å². The van der Waals surface area contributed by atoms with Gasteiger partial charge < -0.3 is 10.2 Å². The van der Waals surface area contributed by atoms with Gasteiger partial charge in [0.15, 0.2) is 0 Å². The SMILES string of the molecule is CC(C)CNC(=O)C[C@@H](CC(C)C)C(=O)N(C)C. The molecule has 0 saturated heterocycles. The first-order chi connectivity index (χ1) is 8.23. The summed E-state index contributed by atoms with van der Waals surface area (Å²) in [5.74, 6) is 0.666. The lowest BCUT2D eigenvalue weighted by atomic mass is 9.92. The van der Waals surface area contributed by atoms with Gasteiger partial charge in [-0.25, -0.2) is 0 Å². The molecular formula is C14H28N2O2. The van der Waals surface area contributed by atoms with E-state index in [0.717, 1.165) is 6.42 Å². The van der Waals surface area contributed by atoms with E-state index in [0.29, 0.717) is 24.8 Å². The fourth-order valence-corrected chi connectivity index (χ4v) is 1.82. The van der Waals surface area contributed by atoms with Gasteiger partial charge in [-0.15, -0.1) is 0 Å². The van der Waals surface area contributed by atoms with Gasteiger partial charge in [-0.3, -0.25) is 9.59 Å². The number of nitrogens with one attached hydrogen (secondary N) is 1. The first kappa shape index (κ1) is 16.9. The van der Waals surface area contributed by atoms with Crippen LogP contribution in [0.25, 0.3) is 0 Å². The molecule has 4 nitrogen and oxygen atoms in total. The van der Waals surface area contributed by atoms with Crippen LogP contribution in [0, 0.1) is 17.8 Å². The van der Waals surface area contributed by atoms with E-state index < -0.39 is 0 Å². The lowest BCUT2D eigenvalue weighted by Gasteiger charge is -2.22. The van der Waals surface area contributed by atoms with Crippen LogP contribution in [0.2, 0.25) is 0 Å². The standard InChI is InChI=1S/C14H28N2O2/c1-10(2)7-12(14(18)16(5)6)8-13(17)15-9-11(3)4/h10-12H,7-9H2,1-6H3,(H,15,17)/t12-/m1/s1. The van der Waals surface area contributed by atoms with Gasteiger partial charge in [-0.1, -0.05) is 27.7 Å². The summed E-state index contributed by atoms with van der Waals surface area (Å²) in [6.45, 7) is 8.92. The van der Waals surface area contributed by atoms with Crippen LogP contribution in [0.1, 0.15) is 40.5 Å². The first-order valence-corrected chi connectivity index (χ1v) is 6.71. The zero-order valence-corrected chi connectivity index (χ0v) is 12.6. The zero-order chi connectivity index (χ0) is 14.3. The Hall–Kier alpha value is -1.06. The Balaban J connectivity index is 4.40. The van der Waals surface area contributed by atoms with Crippen molar-refractivity contribution in [1.29, 1.82) is 0 Å². The number of hydrogen-bond acceptors (Lipinski definition) is 2. The number of nitrogens with zero attached hydrogens (tertiary/aromatic N) is 1. The van der Waals surface area contributed by atoms with Crippen molar-refractivity contribution in [3.05, 3.63) is 0 Å². The monoisotopic (exact) mass is 256 g/mol. The van der Waals surface area contributed by atoms with Crippen molar-refractivity contribution in [2.75, 3.05) is 20.6 Å². The van der Waals surface area contributed by atoms with Crippen LogP contribution >= 0.6 is 0 Å². The summed E-state index contributed by atoms with van der Waals surface area (Å²) in [6, 6.07) is 0. The molecule has 0 radical (unpaired) electrons. The van der Waals surface area contributed by atoms with Gasteiger partial charge in [0.05, 0.1) is 0 Å². The summed E-state index contributed by atoms with van der Waals surface area (Å²) in [6.07, 6.45) is 1.05. The van der Waals surface area contributed by atoms with E-state index in [4.69, 9.17) is 0 Å². The van der Waals surface area contributed by atoms with Crippen LogP contribution in [0.4, 0.5) is 0 Å². The van der Waals surface area contributed by atoms with Crippen molar-refractivity contribution in [2.45, 2.75) is 40.5 Å². The summed E-state index contributed by atoms with van der Waals surface area (Å²) < 4.78 is 0. The highest BCUT2D eigenvalue weighted by Gasteiger charge is 2.24. The Morgan fingerprint density at radius 3 is 2.00 bits per heavy atom. The Labute approximate surface area is 111 Å². The normalized spacial score (nSPS) is 12.7. The van der Waals surface area contributed by atoms with Crippen molar-refractivity contribution in [3.63, 3.8) is 0 Å². The summed E-state index contributed by atoms with van der Waals surface area (Å²) in [4.78, 5) is 25.4. The van der Waals surface area contributed by atoms with E-state index in [1.165, 1.54) is 0 Å². The number of carbonyl (C=O) groups excluding carboxylic acids is 2. The molecule has 0 aromatic rings. The molecule has 0 heterocycles. The molecule has 0 aliphatic rings. The second kappa shape index (κ2) is 8.11. The quantitative estimate of drug-likeness (QED) is 0.756. The maximum absolute atomic E-state index is 12.0. The molecule has 106 valence electrons. The van der Waals surface area contributed by atoms with Crippen LogP contribution in [0.3, 0.4) is 0 Å². The molecule has 0 rings (SSSR count). The minimum Gasteiger partial charge on any atom is -0.356 e. The fraction of sp³-hybridized carbons (Fsp3) is 0.857. The second-order valence-corrected chi connectivity index (χ2v) is 5.96. The van der Waals surface area contributed by atoms with E-state index in [1.807, 2.05) is 0 Å². The summed E-state index contributed by atoms with van der Waals surface area (Å²) in [5, 5.41) is 2.87. The average Bonchev–Trinajstić information content (AvgIpc) is 2.23. The third-order valence-corrected chi connectivity index (χ3v) is 2.69. The van der Waals surface area contributed by atoms with Crippen molar-refractivity contribution in [2.24, 2.45) is 17.8 Å². The minimum absolute atomic E-state index is 0.0236. The highest BCUT2D eigenvalue weighted by atomic mass is 16.2. The Morgan fingerprint density at radius 1 is 1.06 bits per heavy atom. The van der Waals surface area contributed by atoms with Crippen LogP contribution in [0.5, 0.6) is 0 Å². The van der Waals surface area contributed by atoms with Crippen molar-refractivity contribution in [1.82, 2.24) is 10.2 Å². The maximum Gasteiger partial charge on any atom is 0.225 e. The zero-order valence-electron chi connectivity index (χ0n) is 12.6. The molecule has 2 amide bonds. The van der Waals surface area contributed by atoms with E-state index >= 15 is 0 Å². The third kappa shape index (κ3) is 7.30. The van der Waals surface area contributed by atoms with Gasteiger partial charge >= 0.3 is 0 Å². The first-order valence-electron chi connectivity index (χ1n) is 6.71. The molecule has 18 heavy (non-hydrogen) atoms. The molecule has 0 aliphatic heterocycles. The maximum atomic E-state index is 12.0. The number of amides is 2. The topological polar surface area (TPSA) is 49.4 Å². The molecule has 0 unspecified atom stereocenters. The summed E-state index contributed by atoms with van der Waals surface area (Å²) in [7, 11) is 3.48. The summed E-state index contributed by atoms with van der Waals surface area (Å²) in [5.41, 5.74) is 0. The number of carbonyl (C=O) groups is 2. The van der Waals surface area contributed by atoms with Crippen LogP contribution < -0.4 is 5.32 Å². The molecule has 0 aliphatic carbocycles. The lowest BCUT2D eigenvalue weighted by Crippen LogP contribution is -2.36. The number of rotatable bonds is 7. The predicted octanol–water partition coefficient (Wildman–Crippen LogP) is 1.90. The number of hydrogen-bond donors (Lipinski definition) is 1. The highest BCUT2D eigenvalue weighted by Crippen LogP contribution is 2.17. The van der Waals surface area contributed by atoms with E-state index in [2.05, 4.69) is 33.0 Å². The van der Waals surface area contributed by atoms with E-state index in [9.17, 15) is 9.59 Å². The minimum atomic E-state index is -0.202. The van der Waals surface area contributed by atoms with Gasteiger partial charge in [0, 0.05) is 33.0 Å². The lowest BCUT2D eigenvalue weighted by molar-refractivity contribution is -0.136. The molecule has 0 saturated carbocycles. The second-order valence-electron chi connectivity index (χ2n) is 5.96. The van der Waals surface area contributed by atoms with Crippen molar-refractivity contribution in [3.8, 4) is 0 Å². The molecule has 4 heteroatoms. The van der Waals surface area contributed by atoms with Crippen molar-refractivity contribution < 1.29 is 9.59 Å². The molecule has 0 aromatic heterocycles. The van der Waals surface area contributed by atoms with Crippen LogP contribution in [-0.2, 0) is 9.59 Å². The molecule has 0 fully saturated rings. The molecule has 0 spiro atoms. The van der Waals surface area contributed by atoms with Gasteiger partial charge in [0.2, 0.25) is 11.8 Å². The van der Waals surface area contributed by atoms with E-state index in [-0.39, 0.29) is 17.7 Å². The largest absolute Gasteiger partial charge is 0.356 e. The Morgan fingerprint density at radius 2 is 1.61 bits per heavy atom. The smallest absolute Gasteiger partial charge is 0.225 e. The predicted molar refractivity (Wildman–Crippen MR) is 74.1 cm³/mol. The average molecular weight is 256 g/mol.